The standard InChI is InChI=1S/C14H21ClN2/c1-11-5-7-17(8-6-11)14(10-16)12-3-2-4-13(15)9-12/h2-4,9,11,14H,5-8,10,16H2,1H3/t14-/m0/s1. The lowest BCUT2D eigenvalue weighted by atomic mass is 9.96. The molecule has 1 atom stereocenters. The summed E-state index contributed by atoms with van der Waals surface area (Å²) in [6, 6.07) is 8.41. The van der Waals surface area contributed by atoms with Crippen molar-refractivity contribution in [1.82, 2.24) is 4.90 Å². The molecule has 0 aromatic heterocycles. The highest BCUT2D eigenvalue weighted by Crippen LogP contribution is 2.27. The van der Waals surface area contributed by atoms with Gasteiger partial charge in [0.15, 0.2) is 0 Å². The van der Waals surface area contributed by atoms with Crippen molar-refractivity contribution < 1.29 is 0 Å². The summed E-state index contributed by atoms with van der Waals surface area (Å²) >= 11 is 6.05. The number of hydrogen-bond acceptors (Lipinski definition) is 2. The fraction of sp³-hybridized carbons (Fsp3) is 0.571. The van der Waals surface area contributed by atoms with E-state index in [1.165, 1.54) is 18.4 Å². The zero-order valence-electron chi connectivity index (χ0n) is 10.4. The molecule has 0 amide bonds. The zero-order chi connectivity index (χ0) is 12.3. The molecule has 2 nitrogen and oxygen atoms in total. The maximum absolute atomic E-state index is 6.05. The Morgan fingerprint density at radius 3 is 2.71 bits per heavy atom. The lowest BCUT2D eigenvalue weighted by molar-refractivity contribution is 0.141. The first-order valence-electron chi connectivity index (χ1n) is 6.40. The Morgan fingerprint density at radius 1 is 1.41 bits per heavy atom. The lowest BCUT2D eigenvalue weighted by Gasteiger charge is -2.36. The predicted octanol–water partition coefficient (Wildman–Crippen LogP) is 3.07. The number of halogens is 1. The van der Waals surface area contributed by atoms with Crippen molar-refractivity contribution in [2.24, 2.45) is 11.7 Å². The third-order valence-corrected chi connectivity index (χ3v) is 3.95. The van der Waals surface area contributed by atoms with Crippen molar-refractivity contribution in [1.29, 1.82) is 0 Å². The summed E-state index contributed by atoms with van der Waals surface area (Å²) in [6.45, 7) is 5.29. The highest BCUT2D eigenvalue weighted by atomic mass is 35.5. The molecule has 1 aromatic rings. The second-order valence-electron chi connectivity index (χ2n) is 5.02. The molecule has 3 heteroatoms. The number of likely N-dealkylation sites (tertiary alicyclic amines) is 1. The Morgan fingerprint density at radius 2 is 2.12 bits per heavy atom. The third-order valence-electron chi connectivity index (χ3n) is 3.72. The maximum atomic E-state index is 6.05. The molecule has 1 aliphatic rings. The summed E-state index contributed by atoms with van der Waals surface area (Å²) in [5.41, 5.74) is 7.18. The van der Waals surface area contributed by atoms with Gasteiger partial charge in [0, 0.05) is 17.6 Å². The molecule has 0 saturated carbocycles. The number of piperidine rings is 1. The molecular weight excluding hydrogens is 232 g/mol. The summed E-state index contributed by atoms with van der Waals surface area (Å²) in [6.07, 6.45) is 2.55. The Balaban J connectivity index is 2.10. The zero-order valence-corrected chi connectivity index (χ0v) is 11.2. The third kappa shape index (κ3) is 3.21. The predicted molar refractivity (Wildman–Crippen MR) is 73.2 cm³/mol. The van der Waals surface area contributed by atoms with Gasteiger partial charge in [0.25, 0.3) is 0 Å². The second-order valence-corrected chi connectivity index (χ2v) is 5.46. The first kappa shape index (κ1) is 12.9. The summed E-state index contributed by atoms with van der Waals surface area (Å²) < 4.78 is 0. The maximum Gasteiger partial charge on any atom is 0.0470 e. The molecule has 1 aliphatic heterocycles. The Bertz CT molecular complexity index is 359. The molecule has 1 saturated heterocycles. The van der Waals surface area contributed by atoms with E-state index in [9.17, 15) is 0 Å². The molecule has 17 heavy (non-hydrogen) atoms. The number of rotatable bonds is 3. The van der Waals surface area contributed by atoms with Crippen LogP contribution in [-0.4, -0.2) is 24.5 Å². The average Bonchev–Trinajstić information content (AvgIpc) is 2.33. The summed E-state index contributed by atoms with van der Waals surface area (Å²) in [7, 11) is 0. The Kier molecular flexibility index (Phi) is 4.43. The summed E-state index contributed by atoms with van der Waals surface area (Å²) in [5, 5.41) is 0.798. The fourth-order valence-corrected chi connectivity index (χ4v) is 2.75. The van der Waals surface area contributed by atoms with Gasteiger partial charge < -0.3 is 5.73 Å². The van der Waals surface area contributed by atoms with Gasteiger partial charge >= 0.3 is 0 Å². The SMILES string of the molecule is CC1CCN([C@@H](CN)c2cccc(Cl)c2)CC1. The summed E-state index contributed by atoms with van der Waals surface area (Å²) in [5.74, 6) is 0.851. The molecule has 0 aliphatic carbocycles. The molecule has 94 valence electrons. The fourth-order valence-electron chi connectivity index (χ4n) is 2.55. The van der Waals surface area contributed by atoms with E-state index < -0.39 is 0 Å². The van der Waals surface area contributed by atoms with E-state index in [1.807, 2.05) is 18.2 Å². The number of benzene rings is 1. The first-order valence-corrected chi connectivity index (χ1v) is 6.78. The highest BCUT2D eigenvalue weighted by molar-refractivity contribution is 6.30. The van der Waals surface area contributed by atoms with Crippen LogP contribution in [0.5, 0.6) is 0 Å². The molecule has 0 radical (unpaired) electrons. The van der Waals surface area contributed by atoms with Crippen LogP contribution in [-0.2, 0) is 0 Å². The van der Waals surface area contributed by atoms with Crippen LogP contribution in [0, 0.1) is 5.92 Å². The van der Waals surface area contributed by atoms with Crippen LogP contribution < -0.4 is 5.73 Å². The van der Waals surface area contributed by atoms with Gasteiger partial charge in [0.2, 0.25) is 0 Å². The molecule has 2 N–H and O–H groups in total. The van der Waals surface area contributed by atoms with Crippen LogP contribution in [0.15, 0.2) is 24.3 Å². The van der Waals surface area contributed by atoms with E-state index in [4.69, 9.17) is 17.3 Å². The van der Waals surface area contributed by atoms with E-state index in [-0.39, 0.29) is 0 Å². The van der Waals surface area contributed by atoms with Gasteiger partial charge in [-0.3, -0.25) is 4.90 Å². The van der Waals surface area contributed by atoms with Crippen LogP contribution >= 0.6 is 11.6 Å². The number of nitrogens with two attached hydrogens (primary N) is 1. The minimum atomic E-state index is 0.321. The van der Waals surface area contributed by atoms with Crippen LogP contribution in [0.4, 0.5) is 0 Å². The van der Waals surface area contributed by atoms with Crippen molar-refractivity contribution >= 4 is 11.6 Å². The summed E-state index contributed by atoms with van der Waals surface area (Å²) in [4.78, 5) is 2.49. The normalized spacial score (nSPS) is 20.4. The molecule has 1 fully saturated rings. The lowest BCUT2D eigenvalue weighted by Crippen LogP contribution is -2.39. The van der Waals surface area contributed by atoms with Crippen LogP contribution in [0.25, 0.3) is 0 Å². The van der Waals surface area contributed by atoms with E-state index in [0.29, 0.717) is 12.6 Å². The Hall–Kier alpha value is -0.570. The molecule has 0 bridgehead atoms. The van der Waals surface area contributed by atoms with Gasteiger partial charge in [0.1, 0.15) is 0 Å². The monoisotopic (exact) mass is 252 g/mol. The van der Waals surface area contributed by atoms with E-state index in [1.54, 1.807) is 0 Å². The first-order chi connectivity index (χ1) is 8.20. The molecule has 1 aromatic carbocycles. The van der Waals surface area contributed by atoms with Crippen molar-refractivity contribution in [2.45, 2.75) is 25.8 Å². The second kappa shape index (κ2) is 5.85. The van der Waals surface area contributed by atoms with Crippen molar-refractivity contribution in [3.8, 4) is 0 Å². The van der Waals surface area contributed by atoms with Gasteiger partial charge in [-0.15, -0.1) is 0 Å². The highest BCUT2D eigenvalue weighted by Gasteiger charge is 2.23. The van der Waals surface area contributed by atoms with Gasteiger partial charge in [0.05, 0.1) is 0 Å². The average molecular weight is 253 g/mol. The molecular formula is C14H21ClN2. The van der Waals surface area contributed by atoms with E-state index in [0.717, 1.165) is 24.0 Å². The Labute approximate surface area is 109 Å². The van der Waals surface area contributed by atoms with Gasteiger partial charge in [-0.2, -0.15) is 0 Å². The van der Waals surface area contributed by atoms with Gasteiger partial charge in [-0.05, 0) is 49.5 Å². The molecule has 2 rings (SSSR count). The van der Waals surface area contributed by atoms with E-state index >= 15 is 0 Å². The van der Waals surface area contributed by atoms with Crippen molar-refractivity contribution in [3.63, 3.8) is 0 Å². The topological polar surface area (TPSA) is 29.3 Å². The smallest absolute Gasteiger partial charge is 0.0470 e. The minimum absolute atomic E-state index is 0.321. The van der Waals surface area contributed by atoms with Crippen LogP contribution in [0.3, 0.4) is 0 Å². The number of hydrogen-bond donors (Lipinski definition) is 1. The molecule has 0 spiro atoms. The van der Waals surface area contributed by atoms with Crippen LogP contribution in [0.1, 0.15) is 31.4 Å². The molecule has 1 heterocycles. The van der Waals surface area contributed by atoms with E-state index in [2.05, 4.69) is 17.9 Å². The van der Waals surface area contributed by atoms with Crippen molar-refractivity contribution in [3.05, 3.63) is 34.9 Å². The van der Waals surface area contributed by atoms with Gasteiger partial charge in [-0.1, -0.05) is 30.7 Å². The minimum Gasteiger partial charge on any atom is -0.329 e. The van der Waals surface area contributed by atoms with Gasteiger partial charge in [-0.25, -0.2) is 0 Å². The number of nitrogens with zero attached hydrogens (tertiary/aromatic N) is 1. The van der Waals surface area contributed by atoms with Crippen molar-refractivity contribution in [2.75, 3.05) is 19.6 Å². The largest absolute Gasteiger partial charge is 0.329 e. The van der Waals surface area contributed by atoms with Crippen LogP contribution in [0.2, 0.25) is 5.02 Å². The molecule has 0 unspecified atom stereocenters. The quantitative estimate of drug-likeness (QED) is 0.896.